The minimum atomic E-state index is -0.206. The Morgan fingerprint density at radius 1 is 1.27 bits per heavy atom. The quantitative estimate of drug-likeness (QED) is 0.496. The number of benzene rings is 2. The van der Waals surface area contributed by atoms with Gasteiger partial charge in [0, 0.05) is 29.6 Å². The Morgan fingerprint density at radius 3 is 2.80 bits per heavy atom. The molecule has 0 radical (unpaired) electrons. The van der Waals surface area contributed by atoms with Gasteiger partial charge in [-0.1, -0.05) is 30.3 Å². The third-order valence-corrected chi connectivity index (χ3v) is 4.96. The number of aromatic nitrogens is 4. The summed E-state index contributed by atoms with van der Waals surface area (Å²) in [4.78, 5) is 19.6. The third-order valence-electron chi connectivity index (χ3n) is 4.96. The molecule has 2 aromatic carbocycles. The second-order valence-corrected chi connectivity index (χ2v) is 6.80. The zero-order valence-electron chi connectivity index (χ0n) is 16.4. The molecular weight excluding hydrogens is 380 g/mol. The Balaban J connectivity index is 1.57. The van der Waals surface area contributed by atoms with E-state index in [0.29, 0.717) is 6.54 Å². The summed E-state index contributed by atoms with van der Waals surface area (Å²) in [7, 11) is 1.63. The number of ether oxygens (including phenoxy) is 1. The van der Waals surface area contributed by atoms with Crippen molar-refractivity contribution < 1.29 is 9.53 Å². The van der Waals surface area contributed by atoms with Crippen molar-refractivity contribution in [1.29, 1.82) is 5.26 Å². The molecule has 2 heterocycles. The number of aromatic amines is 1. The van der Waals surface area contributed by atoms with Crippen molar-refractivity contribution in [2.75, 3.05) is 13.7 Å². The second kappa shape index (κ2) is 8.49. The summed E-state index contributed by atoms with van der Waals surface area (Å²) in [5, 5.41) is 16.8. The molecule has 8 nitrogen and oxygen atoms in total. The van der Waals surface area contributed by atoms with Crippen molar-refractivity contribution in [2.24, 2.45) is 0 Å². The number of nitrogens with zero attached hydrogens (tertiary/aromatic N) is 4. The van der Waals surface area contributed by atoms with Crippen LogP contribution in [0.15, 0.2) is 61.1 Å². The number of hydrogen-bond donors (Lipinski definition) is 2. The maximum Gasteiger partial charge on any atom is 0.252 e. The maximum absolute atomic E-state index is 12.5. The van der Waals surface area contributed by atoms with Gasteiger partial charge in [0.1, 0.15) is 24.7 Å². The lowest BCUT2D eigenvalue weighted by Crippen LogP contribution is -2.32. The van der Waals surface area contributed by atoms with Gasteiger partial charge in [0.25, 0.3) is 5.82 Å². The fraction of sp³-hybridized carbons (Fsp3) is 0.182. The fourth-order valence-corrected chi connectivity index (χ4v) is 3.47. The van der Waals surface area contributed by atoms with E-state index in [9.17, 15) is 4.79 Å². The molecule has 2 aromatic heterocycles. The maximum atomic E-state index is 12.5. The molecule has 1 amide bonds. The summed E-state index contributed by atoms with van der Waals surface area (Å²) in [6.07, 6.45) is 3.36. The van der Waals surface area contributed by atoms with Crippen molar-refractivity contribution in [1.82, 2.24) is 25.1 Å². The summed E-state index contributed by atoms with van der Waals surface area (Å²) in [5.41, 5.74) is 3.21. The van der Waals surface area contributed by atoms with Crippen LogP contribution < -0.4 is 10.1 Å². The summed E-state index contributed by atoms with van der Waals surface area (Å²) < 4.78 is 6.62. The van der Waals surface area contributed by atoms with Crippen LogP contribution in [0.5, 0.6) is 5.75 Å². The second-order valence-electron chi connectivity index (χ2n) is 6.80. The van der Waals surface area contributed by atoms with Gasteiger partial charge in [0.15, 0.2) is 0 Å². The van der Waals surface area contributed by atoms with E-state index in [2.05, 4.69) is 26.4 Å². The number of carbonyl (C=O) groups is 1. The van der Waals surface area contributed by atoms with Gasteiger partial charge in [0.05, 0.1) is 7.11 Å². The third kappa shape index (κ3) is 4.00. The molecular formula is C22H20N6O2. The highest BCUT2D eigenvalue weighted by molar-refractivity contribution is 5.84. The molecule has 0 fully saturated rings. The number of amides is 1. The summed E-state index contributed by atoms with van der Waals surface area (Å²) in [6, 6.07) is 17.8. The van der Waals surface area contributed by atoms with E-state index in [0.717, 1.165) is 27.8 Å². The monoisotopic (exact) mass is 400 g/mol. The van der Waals surface area contributed by atoms with E-state index in [1.807, 2.05) is 54.7 Å². The number of fused-ring (bicyclic) bond motifs is 1. The summed E-state index contributed by atoms with van der Waals surface area (Å²) >= 11 is 0. The first-order chi connectivity index (χ1) is 14.7. The number of nitrogens with one attached hydrogen (secondary N) is 2. The molecule has 8 heteroatoms. The van der Waals surface area contributed by atoms with Gasteiger partial charge >= 0.3 is 0 Å². The van der Waals surface area contributed by atoms with Crippen LogP contribution in [0, 0.1) is 11.3 Å². The molecule has 1 atom stereocenters. The van der Waals surface area contributed by atoms with E-state index in [1.165, 1.54) is 11.0 Å². The first-order valence-corrected chi connectivity index (χ1v) is 9.44. The van der Waals surface area contributed by atoms with Crippen LogP contribution in [0.3, 0.4) is 0 Å². The van der Waals surface area contributed by atoms with E-state index in [1.54, 1.807) is 7.11 Å². The molecule has 2 N–H and O–H groups in total. The Kier molecular flexibility index (Phi) is 5.44. The number of H-pyrrole nitrogens is 1. The van der Waals surface area contributed by atoms with Gasteiger partial charge in [0.2, 0.25) is 5.91 Å². The standard InChI is InChI=1S/C22H20N6O2/c1-30-16-8-6-15(7-9-16)18(19-12-24-20-5-3-2-4-17(19)20)11-25-22(29)13-28-14-26-21(10-23)27-28/h2-9,12,14,18,24H,11,13H2,1H3,(H,25,29)/t18-/m0/s1. The van der Waals surface area contributed by atoms with Crippen LogP contribution in [0.4, 0.5) is 0 Å². The average Bonchev–Trinajstić information content (AvgIpc) is 3.41. The predicted molar refractivity (Wildman–Crippen MR) is 111 cm³/mol. The molecule has 0 bridgehead atoms. The van der Waals surface area contributed by atoms with Gasteiger partial charge in [-0.2, -0.15) is 5.26 Å². The Morgan fingerprint density at radius 2 is 2.07 bits per heavy atom. The predicted octanol–water partition coefficient (Wildman–Crippen LogP) is 2.59. The van der Waals surface area contributed by atoms with Gasteiger partial charge < -0.3 is 15.0 Å². The van der Waals surface area contributed by atoms with Crippen LogP contribution in [0.2, 0.25) is 0 Å². The number of carbonyl (C=O) groups excluding carboxylic acids is 1. The normalized spacial score (nSPS) is 11.7. The Bertz CT molecular complexity index is 1200. The first kappa shape index (κ1) is 19.2. The molecule has 4 aromatic rings. The minimum Gasteiger partial charge on any atom is -0.497 e. The zero-order valence-corrected chi connectivity index (χ0v) is 16.4. The fourth-order valence-electron chi connectivity index (χ4n) is 3.47. The number of hydrogen-bond acceptors (Lipinski definition) is 5. The van der Waals surface area contributed by atoms with Crippen molar-refractivity contribution >= 4 is 16.8 Å². The van der Waals surface area contributed by atoms with E-state index in [-0.39, 0.29) is 24.2 Å². The van der Waals surface area contributed by atoms with Gasteiger partial charge in [-0.15, -0.1) is 5.10 Å². The smallest absolute Gasteiger partial charge is 0.252 e. The van der Waals surface area contributed by atoms with E-state index in [4.69, 9.17) is 10.00 Å². The van der Waals surface area contributed by atoms with Gasteiger partial charge in [-0.3, -0.25) is 4.79 Å². The highest BCUT2D eigenvalue weighted by Crippen LogP contribution is 2.31. The molecule has 0 aliphatic rings. The molecule has 0 saturated carbocycles. The highest BCUT2D eigenvalue weighted by Gasteiger charge is 2.19. The lowest BCUT2D eigenvalue weighted by molar-refractivity contribution is -0.121. The summed E-state index contributed by atoms with van der Waals surface area (Å²) in [5.74, 6) is 0.557. The molecule has 0 unspecified atom stereocenters. The molecule has 30 heavy (non-hydrogen) atoms. The number of nitriles is 1. The van der Waals surface area contributed by atoms with Gasteiger partial charge in [-0.05, 0) is 29.3 Å². The van der Waals surface area contributed by atoms with Crippen molar-refractivity contribution in [3.05, 3.63) is 78.0 Å². The molecule has 0 saturated heterocycles. The van der Waals surface area contributed by atoms with Gasteiger partial charge in [-0.25, -0.2) is 9.67 Å². The van der Waals surface area contributed by atoms with Crippen LogP contribution >= 0.6 is 0 Å². The molecule has 0 spiro atoms. The van der Waals surface area contributed by atoms with Crippen LogP contribution in [-0.2, 0) is 11.3 Å². The van der Waals surface area contributed by atoms with Crippen LogP contribution in [0.1, 0.15) is 22.9 Å². The lowest BCUT2D eigenvalue weighted by Gasteiger charge is -2.18. The van der Waals surface area contributed by atoms with E-state index < -0.39 is 0 Å². The van der Waals surface area contributed by atoms with E-state index >= 15 is 0 Å². The largest absolute Gasteiger partial charge is 0.497 e. The van der Waals surface area contributed by atoms with Crippen molar-refractivity contribution in [3.8, 4) is 11.8 Å². The molecule has 0 aliphatic carbocycles. The number of rotatable bonds is 7. The summed E-state index contributed by atoms with van der Waals surface area (Å²) in [6.45, 7) is 0.407. The number of para-hydroxylation sites is 1. The molecule has 150 valence electrons. The Hall–Kier alpha value is -4.12. The SMILES string of the molecule is COc1ccc([C@H](CNC(=O)Cn2cnc(C#N)n2)c2c[nH]c3ccccc23)cc1. The Labute approximate surface area is 173 Å². The molecule has 4 rings (SSSR count). The highest BCUT2D eigenvalue weighted by atomic mass is 16.5. The lowest BCUT2D eigenvalue weighted by atomic mass is 9.91. The first-order valence-electron chi connectivity index (χ1n) is 9.44. The average molecular weight is 400 g/mol. The van der Waals surface area contributed by atoms with Crippen molar-refractivity contribution in [2.45, 2.75) is 12.5 Å². The van der Waals surface area contributed by atoms with Crippen LogP contribution in [0.25, 0.3) is 10.9 Å². The molecule has 0 aliphatic heterocycles. The topological polar surface area (TPSA) is 109 Å². The minimum absolute atomic E-state index is 0.00209. The van der Waals surface area contributed by atoms with Crippen molar-refractivity contribution in [3.63, 3.8) is 0 Å². The zero-order chi connectivity index (χ0) is 20.9. The van der Waals surface area contributed by atoms with Crippen LogP contribution in [-0.4, -0.2) is 39.3 Å². The number of methoxy groups -OCH3 is 1.